The van der Waals surface area contributed by atoms with E-state index in [1.54, 1.807) is 41.2 Å². The lowest BCUT2D eigenvalue weighted by Crippen LogP contribution is -2.23. The zero-order valence-corrected chi connectivity index (χ0v) is 20.3. The van der Waals surface area contributed by atoms with Gasteiger partial charge in [0, 0.05) is 16.9 Å². The number of thioether (sulfide) groups is 1. The number of para-hydroxylation sites is 1. The summed E-state index contributed by atoms with van der Waals surface area (Å²) >= 11 is 1.39. The molecule has 0 saturated carbocycles. The summed E-state index contributed by atoms with van der Waals surface area (Å²) in [5, 5.41) is 12.2. The Morgan fingerprint density at radius 2 is 1.75 bits per heavy atom. The highest BCUT2D eigenvalue weighted by Crippen LogP contribution is 2.31. The second-order valence-electron chi connectivity index (χ2n) is 8.17. The van der Waals surface area contributed by atoms with Gasteiger partial charge in [-0.1, -0.05) is 71.9 Å². The first-order valence-corrected chi connectivity index (χ1v) is 12.4. The number of aryl methyl sites for hydroxylation is 1. The van der Waals surface area contributed by atoms with Crippen LogP contribution in [-0.2, 0) is 12.3 Å². The van der Waals surface area contributed by atoms with Gasteiger partial charge < -0.3 is 9.73 Å². The summed E-state index contributed by atoms with van der Waals surface area (Å²) in [4.78, 5) is 12.9. The summed E-state index contributed by atoms with van der Waals surface area (Å²) in [7, 11) is 0. The molecule has 0 saturated heterocycles. The number of carbonyl (C=O) groups excluding carboxylic acids is 1. The number of nitrogens with one attached hydrogen (secondary N) is 1. The molecule has 3 aromatic carbocycles. The van der Waals surface area contributed by atoms with E-state index in [0.29, 0.717) is 40.3 Å². The minimum atomic E-state index is -0.370. The Kier molecular flexibility index (Phi) is 6.95. The molecule has 1 N–H and O–H groups in total. The summed E-state index contributed by atoms with van der Waals surface area (Å²) in [5.74, 6) is 1.11. The van der Waals surface area contributed by atoms with Crippen LogP contribution in [0.3, 0.4) is 0 Å². The quantitative estimate of drug-likeness (QED) is 0.258. The van der Waals surface area contributed by atoms with Crippen LogP contribution >= 0.6 is 11.8 Å². The molecule has 0 spiro atoms. The third-order valence-electron chi connectivity index (χ3n) is 5.66. The number of aromatic nitrogens is 3. The van der Waals surface area contributed by atoms with E-state index in [0.717, 1.165) is 16.7 Å². The summed E-state index contributed by atoms with van der Waals surface area (Å²) < 4.78 is 21.9. The van der Waals surface area contributed by atoms with E-state index < -0.39 is 0 Å². The molecule has 180 valence electrons. The van der Waals surface area contributed by atoms with Crippen molar-refractivity contribution in [2.45, 2.75) is 24.4 Å². The van der Waals surface area contributed by atoms with E-state index in [1.165, 1.54) is 17.8 Å². The molecule has 5 rings (SSSR count). The topological polar surface area (TPSA) is 73.0 Å². The van der Waals surface area contributed by atoms with Gasteiger partial charge in [-0.25, -0.2) is 4.39 Å². The largest absolute Gasteiger partial charge is 0.467 e. The van der Waals surface area contributed by atoms with Gasteiger partial charge in [-0.3, -0.25) is 9.36 Å². The number of benzene rings is 3. The van der Waals surface area contributed by atoms with Crippen molar-refractivity contribution < 1.29 is 13.6 Å². The van der Waals surface area contributed by atoms with Crippen molar-refractivity contribution in [2.24, 2.45) is 0 Å². The standard InChI is InChI=1S/C28H23FN4O2S/c1-19-12-14-20(15-13-19)26-31-32-28(33(26)25-11-5-4-10-24(25)29)36-18-21-7-2-3-9-23(21)27(34)30-17-22-8-6-16-35-22/h2-16H,17-18H2,1H3,(H,30,34). The zero-order chi connectivity index (χ0) is 24.9. The van der Waals surface area contributed by atoms with Crippen LogP contribution in [0.2, 0.25) is 0 Å². The fourth-order valence-electron chi connectivity index (χ4n) is 3.79. The molecule has 0 aliphatic rings. The lowest BCUT2D eigenvalue weighted by molar-refractivity contribution is 0.0947. The molecule has 0 unspecified atom stereocenters. The fraction of sp³-hybridized carbons (Fsp3) is 0.107. The predicted octanol–water partition coefficient (Wildman–Crippen LogP) is 6.20. The van der Waals surface area contributed by atoms with Crippen LogP contribution in [0.15, 0.2) is 101 Å². The third kappa shape index (κ3) is 5.08. The number of carbonyl (C=O) groups is 1. The first-order chi connectivity index (χ1) is 17.6. The zero-order valence-electron chi connectivity index (χ0n) is 19.5. The number of halogens is 1. The first kappa shape index (κ1) is 23.6. The Morgan fingerprint density at radius 3 is 2.53 bits per heavy atom. The van der Waals surface area contributed by atoms with Gasteiger partial charge in [-0.2, -0.15) is 0 Å². The second kappa shape index (κ2) is 10.6. The van der Waals surface area contributed by atoms with E-state index in [9.17, 15) is 9.18 Å². The van der Waals surface area contributed by atoms with E-state index in [4.69, 9.17) is 4.42 Å². The summed E-state index contributed by atoms with van der Waals surface area (Å²) in [6.45, 7) is 2.31. The van der Waals surface area contributed by atoms with Crippen molar-refractivity contribution in [3.8, 4) is 17.1 Å². The van der Waals surface area contributed by atoms with Crippen LogP contribution in [0, 0.1) is 12.7 Å². The van der Waals surface area contributed by atoms with Crippen molar-refractivity contribution in [3.63, 3.8) is 0 Å². The van der Waals surface area contributed by atoms with E-state index in [1.807, 2.05) is 55.5 Å². The molecule has 2 heterocycles. The molecule has 5 aromatic rings. The lowest BCUT2D eigenvalue weighted by atomic mass is 10.1. The molecule has 0 bridgehead atoms. The number of hydrogen-bond donors (Lipinski definition) is 1. The summed E-state index contributed by atoms with van der Waals surface area (Å²) in [5.41, 5.74) is 3.71. The normalized spacial score (nSPS) is 10.9. The number of furan rings is 1. The smallest absolute Gasteiger partial charge is 0.251 e. The van der Waals surface area contributed by atoms with Crippen LogP contribution in [0.4, 0.5) is 4.39 Å². The highest BCUT2D eigenvalue weighted by atomic mass is 32.2. The molecule has 0 aliphatic heterocycles. The maximum atomic E-state index is 14.9. The van der Waals surface area contributed by atoms with Crippen molar-refractivity contribution in [3.05, 3.63) is 119 Å². The van der Waals surface area contributed by atoms with Crippen molar-refractivity contribution >= 4 is 17.7 Å². The van der Waals surface area contributed by atoms with Crippen LogP contribution in [0.25, 0.3) is 17.1 Å². The monoisotopic (exact) mass is 498 g/mol. The molecule has 0 aliphatic carbocycles. The van der Waals surface area contributed by atoms with E-state index in [2.05, 4.69) is 15.5 Å². The minimum Gasteiger partial charge on any atom is -0.467 e. The Bertz CT molecular complexity index is 1480. The van der Waals surface area contributed by atoms with Gasteiger partial charge in [0.05, 0.1) is 18.5 Å². The molecule has 8 heteroatoms. The highest BCUT2D eigenvalue weighted by Gasteiger charge is 2.20. The van der Waals surface area contributed by atoms with Gasteiger partial charge in [0.15, 0.2) is 11.0 Å². The summed E-state index contributed by atoms with van der Waals surface area (Å²) in [6, 6.07) is 25.4. The fourth-order valence-corrected chi connectivity index (χ4v) is 4.74. The van der Waals surface area contributed by atoms with Gasteiger partial charge in [0.25, 0.3) is 5.91 Å². The Hall–Kier alpha value is -4.17. The molecule has 6 nitrogen and oxygen atoms in total. The number of rotatable bonds is 8. The summed E-state index contributed by atoms with van der Waals surface area (Å²) in [6.07, 6.45) is 1.57. The molecule has 2 aromatic heterocycles. The van der Waals surface area contributed by atoms with Crippen LogP contribution < -0.4 is 5.32 Å². The Balaban J connectivity index is 1.43. The molecule has 0 atom stereocenters. The maximum Gasteiger partial charge on any atom is 0.251 e. The lowest BCUT2D eigenvalue weighted by Gasteiger charge is -2.12. The number of nitrogens with zero attached hydrogens (tertiary/aromatic N) is 3. The van der Waals surface area contributed by atoms with Crippen molar-refractivity contribution in [2.75, 3.05) is 0 Å². The number of hydrogen-bond acceptors (Lipinski definition) is 5. The maximum absolute atomic E-state index is 14.9. The van der Waals surface area contributed by atoms with Gasteiger partial charge in [0.2, 0.25) is 0 Å². The minimum absolute atomic E-state index is 0.196. The molecular formula is C28H23FN4O2S. The van der Waals surface area contributed by atoms with Gasteiger partial charge in [-0.15, -0.1) is 10.2 Å². The first-order valence-electron chi connectivity index (χ1n) is 11.4. The van der Waals surface area contributed by atoms with Crippen LogP contribution in [-0.4, -0.2) is 20.7 Å². The Morgan fingerprint density at radius 1 is 0.972 bits per heavy atom. The molecular weight excluding hydrogens is 475 g/mol. The van der Waals surface area contributed by atoms with Crippen molar-refractivity contribution in [1.29, 1.82) is 0 Å². The van der Waals surface area contributed by atoms with E-state index >= 15 is 0 Å². The average Bonchev–Trinajstić information content (AvgIpc) is 3.57. The number of amides is 1. The van der Waals surface area contributed by atoms with Crippen LogP contribution in [0.5, 0.6) is 0 Å². The van der Waals surface area contributed by atoms with E-state index in [-0.39, 0.29) is 11.7 Å². The predicted molar refractivity (Wildman–Crippen MR) is 137 cm³/mol. The second-order valence-corrected chi connectivity index (χ2v) is 9.11. The molecule has 1 amide bonds. The molecule has 0 fully saturated rings. The highest BCUT2D eigenvalue weighted by molar-refractivity contribution is 7.98. The van der Waals surface area contributed by atoms with Gasteiger partial charge in [0.1, 0.15) is 11.6 Å². The average molecular weight is 499 g/mol. The van der Waals surface area contributed by atoms with Gasteiger partial charge >= 0.3 is 0 Å². The Labute approximate surface area is 212 Å². The van der Waals surface area contributed by atoms with Gasteiger partial charge in [-0.05, 0) is 42.8 Å². The van der Waals surface area contributed by atoms with Crippen molar-refractivity contribution in [1.82, 2.24) is 20.1 Å². The molecule has 36 heavy (non-hydrogen) atoms. The third-order valence-corrected chi connectivity index (χ3v) is 6.64. The molecule has 0 radical (unpaired) electrons. The van der Waals surface area contributed by atoms with Crippen LogP contribution in [0.1, 0.15) is 27.2 Å². The SMILES string of the molecule is Cc1ccc(-c2nnc(SCc3ccccc3C(=O)NCc3ccco3)n2-c2ccccc2F)cc1.